The van der Waals surface area contributed by atoms with Crippen molar-refractivity contribution >= 4 is 5.78 Å². The summed E-state index contributed by atoms with van der Waals surface area (Å²) < 4.78 is 2.01. The van der Waals surface area contributed by atoms with Crippen LogP contribution in [0.1, 0.15) is 16.8 Å². The van der Waals surface area contributed by atoms with E-state index in [4.69, 9.17) is 0 Å². The summed E-state index contributed by atoms with van der Waals surface area (Å²) in [6.07, 6.45) is 4.48. The van der Waals surface area contributed by atoms with Gasteiger partial charge in [0.2, 0.25) is 0 Å². The lowest BCUT2D eigenvalue weighted by molar-refractivity contribution is -0.695. The van der Waals surface area contributed by atoms with E-state index in [1.165, 1.54) is 0 Å². The Balaban J connectivity index is 0.00000144. The standard InChI is InChI=1S/C14H14NO.HI/c16-14(13-7-3-1-4-8-13)9-12-15-10-5-2-6-11-15;/h1-8,10-11H,9,12H2;1H/q+1;/p-1. The molecule has 0 aliphatic heterocycles. The second kappa shape index (κ2) is 7.17. The summed E-state index contributed by atoms with van der Waals surface area (Å²) in [7, 11) is 0. The molecule has 2 nitrogen and oxygen atoms in total. The maximum Gasteiger partial charge on any atom is 0.169 e. The fourth-order valence-electron chi connectivity index (χ4n) is 1.58. The van der Waals surface area contributed by atoms with E-state index in [9.17, 15) is 4.79 Å². The highest BCUT2D eigenvalue weighted by Crippen LogP contribution is 2.02. The van der Waals surface area contributed by atoms with E-state index in [1.807, 2.05) is 65.5 Å². The number of halogens is 1. The molecule has 0 fully saturated rings. The normalized spacial score (nSPS) is 9.41. The van der Waals surface area contributed by atoms with Gasteiger partial charge in [-0.05, 0) is 0 Å². The summed E-state index contributed by atoms with van der Waals surface area (Å²) in [6.45, 7) is 0.731. The summed E-state index contributed by atoms with van der Waals surface area (Å²) >= 11 is 0. The number of pyridine rings is 1. The third kappa shape index (κ3) is 4.26. The Morgan fingerprint density at radius 3 is 2.18 bits per heavy atom. The molecule has 2 rings (SSSR count). The first-order valence-electron chi connectivity index (χ1n) is 5.38. The number of rotatable bonds is 4. The molecule has 88 valence electrons. The summed E-state index contributed by atoms with van der Waals surface area (Å²) in [6, 6.07) is 15.3. The van der Waals surface area contributed by atoms with Gasteiger partial charge in [-0.2, -0.15) is 0 Å². The van der Waals surface area contributed by atoms with Crippen molar-refractivity contribution in [3.05, 3.63) is 66.5 Å². The summed E-state index contributed by atoms with van der Waals surface area (Å²) in [4.78, 5) is 11.8. The van der Waals surface area contributed by atoms with Crippen LogP contribution in [-0.2, 0) is 6.54 Å². The number of carbonyl (C=O) groups is 1. The molecule has 2 aromatic rings. The van der Waals surface area contributed by atoms with Crippen molar-refractivity contribution in [2.45, 2.75) is 13.0 Å². The average Bonchev–Trinajstić information content (AvgIpc) is 2.38. The van der Waals surface area contributed by atoms with Gasteiger partial charge in [0, 0.05) is 17.7 Å². The van der Waals surface area contributed by atoms with Gasteiger partial charge in [0.05, 0.1) is 6.42 Å². The lowest BCUT2D eigenvalue weighted by Gasteiger charge is -1.98. The van der Waals surface area contributed by atoms with Crippen molar-refractivity contribution in [3.63, 3.8) is 0 Å². The number of aryl methyl sites for hydroxylation is 1. The van der Waals surface area contributed by atoms with Crippen LogP contribution in [0.3, 0.4) is 0 Å². The third-order valence-corrected chi connectivity index (χ3v) is 2.47. The average molecular weight is 339 g/mol. The van der Waals surface area contributed by atoms with Crippen molar-refractivity contribution in [3.8, 4) is 0 Å². The maximum absolute atomic E-state index is 11.8. The fraction of sp³-hybridized carbons (Fsp3) is 0.143. The van der Waals surface area contributed by atoms with Crippen LogP contribution in [0.4, 0.5) is 0 Å². The second-order valence-corrected chi connectivity index (χ2v) is 3.65. The zero-order chi connectivity index (χ0) is 11.2. The van der Waals surface area contributed by atoms with E-state index in [1.54, 1.807) is 0 Å². The number of aromatic nitrogens is 1. The molecule has 0 spiro atoms. The molecular weight excluding hydrogens is 325 g/mol. The quantitative estimate of drug-likeness (QED) is 0.408. The third-order valence-electron chi connectivity index (χ3n) is 2.47. The van der Waals surface area contributed by atoms with Gasteiger partial charge >= 0.3 is 0 Å². The van der Waals surface area contributed by atoms with Gasteiger partial charge in [-0.1, -0.05) is 36.4 Å². The van der Waals surface area contributed by atoms with Crippen LogP contribution in [0.25, 0.3) is 0 Å². The van der Waals surface area contributed by atoms with Gasteiger partial charge in [0.15, 0.2) is 24.7 Å². The molecule has 0 N–H and O–H groups in total. The van der Waals surface area contributed by atoms with E-state index in [0.717, 1.165) is 12.1 Å². The minimum absolute atomic E-state index is 0. The van der Waals surface area contributed by atoms with Crippen LogP contribution in [0, 0.1) is 0 Å². The number of carbonyl (C=O) groups excluding carboxylic acids is 1. The highest BCUT2D eigenvalue weighted by molar-refractivity contribution is 5.95. The Labute approximate surface area is 118 Å². The Kier molecular flexibility index (Phi) is 5.83. The molecular formula is C14H14INO. The largest absolute Gasteiger partial charge is 1.00 e. The number of Topliss-reactive ketones (excluding diaryl/α,β-unsaturated/α-hetero) is 1. The monoisotopic (exact) mass is 339 g/mol. The summed E-state index contributed by atoms with van der Waals surface area (Å²) in [5, 5.41) is 0. The molecule has 1 heterocycles. The smallest absolute Gasteiger partial charge is 0.169 e. The van der Waals surface area contributed by atoms with Crippen LogP contribution < -0.4 is 28.5 Å². The van der Waals surface area contributed by atoms with Crippen LogP contribution in [0.15, 0.2) is 60.9 Å². The van der Waals surface area contributed by atoms with E-state index < -0.39 is 0 Å². The molecule has 0 aliphatic rings. The highest BCUT2D eigenvalue weighted by atomic mass is 127. The molecule has 1 aromatic carbocycles. The maximum atomic E-state index is 11.8. The molecule has 0 saturated carbocycles. The first-order chi connectivity index (χ1) is 7.86. The van der Waals surface area contributed by atoms with Crippen LogP contribution >= 0.6 is 0 Å². The van der Waals surface area contributed by atoms with E-state index in [-0.39, 0.29) is 29.8 Å². The van der Waals surface area contributed by atoms with E-state index in [0.29, 0.717) is 6.42 Å². The number of benzene rings is 1. The molecule has 1 aromatic heterocycles. The van der Waals surface area contributed by atoms with Gasteiger partial charge in [0.25, 0.3) is 0 Å². The topological polar surface area (TPSA) is 20.9 Å². The second-order valence-electron chi connectivity index (χ2n) is 3.65. The van der Waals surface area contributed by atoms with Crippen molar-refractivity contribution < 1.29 is 33.3 Å². The molecule has 0 atom stereocenters. The van der Waals surface area contributed by atoms with Gasteiger partial charge in [-0.15, -0.1) is 0 Å². The molecule has 0 bridgehead atoms. The number of ketones is 1. The Bertz CT molecular complexity index is 456. The van der Waals surface area contributed by atoms with Crippen molar-refractivity contribution in [1.82, 2.24) is 0 Å². The zero-order valence-corrected chi connectivity index (χ0v) is 11.6. The molecule has 0 amide bonds. The van der Waals surface area contributed by atoms with Crippen molar-refractivity contribution in [2.75, 3.05) is 0 Å². The minimum atomic E-state index is 0. The fourth-order valence-corrected chi connectivity index (χ4v) is 1.58. The van der Waals surface area contributed by atoms with Crippen LogP contribution in [0.2, 0.25) is 0 Å². The lowest BCUT2D eigenvalue weighted by Crippen LogP contribution is -3.00. The van der Waals surface area contributed by atoms with E-state index in [2.05, 4.69) is 0 Å². The SMILES string of the molecule is O=C(CC[n+]1ccccc1)c1ccccc1.[I-]. The van der Waals surface area contributed by atoms with Gasteiger partial charge < -0.3 is 24.0 Å². The van der Waals surface area contributed by atoms with Crippen molar-refractivity contribution in [1.29, 1.82) is 0 Å². The predicted molar refractivity (Wildman–Crippen MR) is 62.0 cm³/mol. The number of hydrogen-bond acceptors (Lipinski definition) is 1. The lowest BCUT2D eigenvalue weighted by atomic mass is 10.1. The number of hydrogen-bond donors (Lipinski definition) is 0. The molecule has 0 radical (unpaired) electrons. The molecule has 0 saturated heterocycles. The number of nitrogens with zero attached hydrogens (tertiary/aromatic N) is 1. The summed E-state index contributed by atoms with van der Waals surface area (Å²) in [5.41, 5.74) is 0.791. The zero-order valence-electron chi connectivity index (χ0n) is 9.42. The predicted octanol–water partition coefficient (Wildman–Crippen LogP) is -0.749. The minimum Gasteiger partial charge on any atom is -1.00 e. The Morgan fingerprint density at radius 1 is 0.941 bits per heavy atom. The molecule has 17 heavy (non-hydrogen) atoms. The first kappa shape index (κ1) is 13.8. The molecule has 3 heteroatoms. The molecule has 0 aliphatic carbocycles. The highest BCUT2D eigenvalue weighted by Gasteiger charge is 2.07. The first-order valence-corrected chi connectivity index (χ1v) is 5.38. The van der Waals surface area contributed by atoms with Gasteiger partial charge in [-0.25, -0.2) is 4.57 Å². The van der Waals surface area contributed by atoms with Gasteiger partial charge in [-0.3, -0.25) is 4.79 Å². The van der Waals surface area contributed by atoms with Crippen molar-refractivity contribution in [2.24, 2.45) is 0 Å². The summed E-state index contributed by atoms with van der Waals surface area (Å²) in [5.74, 6) is 0.192. The van der Waals surface area contributed by atoms with E-state index >= 15 is 0 Å². The van der Waals surface area contributed by atoms with Crippen LogP contribution in [-0.4, -0.2) is 5.78 Å². The molecule has 0 unspecified atom stereocenters. The van der Waals surface area contributed by atoms with Gasteiger partial charge in [0.1, 0.15) is 0 Å². The van der Waals surface area contributed by atoms with Crippen LogP contribution in [0.5, 0.6) is 0 Å². The Morgan fingerprint density at radius 2 is 1.53 bits per heavy atom. The Hall–Kier alpha value is -1.23.